The first-order chi connectivity index (χ1) is 8.56. The smallest absolute Gasteiger partial charge is 0.129 e. The maximum atomic E-state index is 11.4. The number of likely N-dealkylation sites (tertiary alicyclic amines) is 1. The van der Waals surface area contributed by atoms with Gasteiger partial charge in [-0.3, -0.25) is 0 Å². The largest absolute Gasteiger partial charge is 0.380 e. The van der Waals surface area contributed by atoms with Crippen molar-refractivity contribution in [3.8, 4) is 0 Å². The van der Waals surface area contributed by atoms with Gasteiger partial charge in [-0.05, 0) is 32.9 Å². The van der Waals surface area contributed by atoms with Gasteiger partial charge in [0.1, 0.15) is 6.29 Å². The Morgan fingerprint density at radius 3 is 2.72 bits per heavy atom. The number of hydrogen-bond donors (Lipinski definition) is 0. The van der Waals surface area contributed by atoms with Gasteiger partial charge in [0, 0.05) is 32.3 Å². The zero-order valence-corrected chi connectivity index (χ0v) is 11.9. The van der Waals surface area contributed by atoms with Crippen LogP contribution in [0.2, 0.25) is 0 Å². The van der Waals surface area contributed by atoms with E-state index in [1.165, 1.54) is 0 Å². The van der Waals surface area contributed by atoms with E-state index in [0.29, 0.717) is 18.6 Å². The van der Waals surface area contributed by atoms with Gasteiger partial charge in [0.2, 0.25) is 0 Å². The van der Waals surface area contributed by atoms with Crippen LogP contribution in [-0.2, 0) is 9.53 Å². The first kappa shape index (κ1) is 14.0. The van der Waals surface area contributed by atoms with E-state index in [1.54, 1.807) is 0 Å². The Balaban J connectivity index is 1.95. The summed E-state index contributed by atoms with van der Waals surface area (Å²) in [6, 6.07) is 0.609. The van der Waals surface area contributed by atoms with E-state index in [2.05, 4.69) is 30.8 Å². The van der Waals surface area contributed by atoms with E-state index in [0.717, 1.165) is 45.4 Å². The summed E-state index contributed by atoms with van der Waals surface area (Å²) in [6.07, 6.45) is 3.13. The third kappa shape index (κ3) is 2.92. The molecule has 0 aromatic heterocycles. The van der Waals surface area contributed by atoms with Gasteiger partial charge in [-0.2, -0.15) is 0 Å². The van der Waals surface area contributed by atoms with Gasteiger partial charge in [0.05, 0.1) is 12.0 Å². The minimum absolute atomic E-state index is 0.251. The molecular weight excluding hydrogens is 228 g/mol. The second kappa shape index (κ2) is 5.68. The number of likely N-dealkylation sites (N-methyl/N-ethyl adjacent to an activating group) is 1. The Bertz CT molecular complexity index is 288. The quantitative estimate of drug-likeness (QED) is 0.697. The van der Waals surface area contributed by atoms with E-state index in [9.17, 15) is 4.79 Å². The van der Waals surface area contributed by atoms with Crippen molar-refractivity contribution >= 4 is 6.29 Å². The molecule has 0 spiro atoms. The van der Waals surface area contributed by atoms with Crippen LogP contribution in [0.5, 0.6) is 0 Å². The van der Waals surface area contributed by atoms with E-state index in [4.69, 9.17) is 4.74 Å². The van der Waals surface area contributed by atoms with Gasteiger partial charge in [-0.25, -0.2) is 0 Å². The number of rotatable bonds is 4. The predicted molar refractivity (Wildman–Crippen MR) is 71.6 cm³/mol. The third-order valence-corrected chi connectivity index (χ3v) is 4.45. The molecule has 0 bridgehead atoms. The standard InChI is InChI=1S/C14H26N2O2/c1-12-7-16(8-13(12)15(2)3)9-14(10-17)5-4-6-18-11-14/h10,12-13H,4-9,11H2,1-3H3. The molecule has 0 aliphatic carbocycles. The summed E-state index contributed by atoms with van der Waals surface area (Å²) in [4.78, 5) is 16.2. The molecule has 2 aliphatic rings. The lowest BCUT2D eigenvalue weighted by molar-refractivity contribution is -0.125. The SMILES string of the molecule is CC1CN(CC2(C=O)CCCOC2)CC1N(C)C. The Morgan fingerprint density at radius 2 is 2.22 bits per heavy atom. The lowest BCUT2D eigenvalue weighted by Gasteiger charge is -2.35. The molecule has 4 heteroatoms. The highest BCUT2D eigenvalue weighted by molar-refractivity contribution is 5.60. The Kier molecular flexibility index (Phi) is 4.41. The van der Waals surface area contributed by atoms with E-state index in [-0.39, 0.29) is 5.41 Å². The normalized spacial score (nSPS) is 38.2. The van der Waals surface area contributed by atoms with Crippen LogP contribution in [0.15, 0.2) is 0 Å². The van der Waals surface area contributed by atoms with Gasteiger partial charge >= 0.3 is 0 Å². The van der Waals surface area contributed by atoms with Crippen molar-refractivity contribution < 1.29 is 9.53 Å². The monoisotopic (exact) mass is 254 g/mol. The van der Waals surface area contributed by atoms with Crippen molar-refractivity contribution in [2.45, 2.75) is 25.8 Å². The third-order valence-electron chi connectivity index (χ3n) is 4.45. The van der Waals surface area contributed by atoms with E-state index < -0.39 is 0 Å². The highest BCUT2D eigenvalue weighted by Crippen LogP contribution is 2.30. The van der Waals surface area contributed by atoms with Crippen molar-refractivity contribution in [1.29, 1.82) is 0 Å². The van der Waals surface area contributed by atoms with E-state index in [1.807, 2.05) is 0 Å². The Hall–Kier alpha value is -0.450. The van der Waals surface area contributed by atoms with Gasteiger partial charge in [-0.15, -0.1) is 0 Å². The minimum atomic E-state index is -0.251. The van der Waals surface area contributed by atoms with Gasteiger partial charge in [0.15, 0.2) is 0 Å². The minimum Gasteiger partial charge on any atom is -0.380 e. The number of carbonyl (C=O) groups excluding carboxylic acids is 1. The molecule has 0 saturated carbocycles. The predicted octanol–water partition coefficient (Wildman–Crippen LogP) is 0.864. The van der Waals surface area contributed by atoms with Gasteiger partial charge in [0.25, 0.3) is 0 Å². The summed E-state index contributed by atoms with van der Waals surface area (Å²) in [5.41, 5.74) is -0.251. The summed E-state index contributed by atoms with van der Waals surface area (Å²) in [5, 5.41) is 0. The molecule has 2 fully saturated rings. The Morgan fingerprint density at radius 1 is 1.44 bits per heavy atom. The maximum Gasteiger partial charge on any atom is 0.129 e. The van der Waals surface area contributed by atoms with Crippen LogP contribution >= 0.6 is 0 Å². The number of nitrogens with zero attached hydrogens (tertiary/aromatic N) is 2. The van der Waals surface area contributed by atoms with Crippen molar-refractivity contribution in [1.82, 2.24) is 9.80 Å². The average molecular weight is 254 g/mol. The van der Waals surface area contributed by atoms with Crippen LogP contribution in [0.4, 0.5) is 0 Å². The molecule has 0 amide bonds. The van der Waals surface area contributed by atoms with Crippen molar-refractivity contribution in [2.75, 3.05) is 46.9 Å². The van der Waals surface area contributed by atoms with Crippen molar-refractivity contribution in [3.63, 3.8) is 0 Å². The molecule has 2 saturated heterocycles. The number of ether oxygens (including phenoxy) is 1. The summed E-state index contributed by atoms with van der Waals surface area (Å²) in [5.74, 6) is 0.674. The molecule has 0 radical (unpaired) electrons. The molecule has 3 atom stereocenters. The Labute approximate surface area is 110 Å². The van der Waals surface area contributed by atoms with Gasteiger partial charge in [-0.1, -0.05) is 6.92 Å². The average Bonchev–Trinajstić information content (AvgIpc) is 2.71. The number of carbonyl (C=O) groups is 1. The zero-order chi connectivity index (χ0) is 13.2. The number of aldehydes is 1. The first-order valence-corrected chi connectivity index (χ1v) is 6.99. The van der Waals surface area contributed by atoms with Crippen molar-refractivity contribution in [3.05, 3.63) is 0 Å². The molecular formula is C14H26N2O2. The molecule has 0 aromatic rings. The lowest BCUT2D eigenvalue weighted by atomic mass is 9.83. The van der Waals surface area contributed by atoms with Crippen LogP contribution in [0.3, 0.4) is 0 Å². The molecule has 2 aliphatic heterocycles. The van der Waals surface area contributed by atoms with Crippen molar-refractivity contribution in [2.24, 2.45) is 11.3 Å². The molecule has 104 valence electrons. The molecule has 4 nitrogen and oxygen atoms in total. The molecule has 18 heavy (non-hydrogen) atoms. The summed E-state index contributed by atoms with van der Waals surface area (Å²) >= 11 is 0. The lowest BCUT2D eigenvalue weighted by Crippen LogP contribution is -2.44. The van der Waals surface area contributed by atoms with Crippen LogP contribution in [-0.4, -0.2) is 69.1 Å². The van der Waals surface area contributed by atoms with Crippen LogP contribution in [0.1, 0.15) is 19.8 Å². The molecule has 3 unspecified atom stereocenters. The fourth-order valence-corrected chi connectivity index (χ4v) is 3.42. The fourth-order valence-electron chi connectivity index (χ4n) is 3.42. The second-order valence-electron chi connectivity index (χ2n) is 6.34. The molecule has 2 rings (SSSR count). The fraction of sp³-hybridized carbons (Fsp3) is 0.929. The molecule has 2 heterocycles. The van der Waals surface area contributed by atoms with Crippen LogP contribution in [0, 0.1) is 11.3 Å². The van der Waals surface area contributed by atoms with Crippen LogP contribution in [0.25, 0.3) is 0 Å². The summed E-state index contributed by atoms with van der Waals surface area (Å²) < 4.78 is 5.52. The van der Waals surface area contributed by atoms with E-state index >= 15 is 0 Å². The summed E-state index contributed by atoms with van der Waals surface area (Å²) in [7, 11) is 4.29. The number of hydrogen-bond acceptors (Lipinski definition) is 4. The highest BCUT2D eigenvalue weighted by Gasteiger charge is 2.39. The second-order valence-corrected chi connectivity index (χ2v) is 6.34. The van der Waals surface area contributed by atoms with Crippen LogP contribution < -0.4 is 0 Å². The highest BCUT2D eigenvalue weighted by atomic mass is 16.5. The molecule has 0 N–H and O–H groups in total. The topological polar surface area (TPSA) is 32.8 Å². The maximum absolute atomic E-state index is 11.4. The molecule has 0 aromatic carbocycles. The summed E-state index contributed by atoms with van der Waals surface area (Å²) in [6.45, 7) is 6.75. The van der Waals surface area contributed by atoms with Gasteiger partial charge < -0.3 is 19.3 Å². The zero-order valence-electron chi connectivity index (χ0n) is 11.9. The first-order valence-electron chi connectivity index (χ1n) is 6.99.